The lowest BCUT2D eigenvalue weighted by molar-refractivity contribution is -0.119. The average molecular weight is 220 g/mol. The summed E-state index contributed by atoms with van der Waals surface area (Å²) in [6.07, 6.45) is 11.3. The van der Waals surface area contributed by atoms with Crippen LogP contribution in [0.15, 0.2) is 12.4 Å². The van der Waals surface area contributed by atoms with Gasteiger partial charge in [-0.25, -0.2) is 4.98 Å². The Bertz CT molecular complexity index is 351. The maximum absolute atomic E-state index is 11.9. The Morgan fingerprint density at radius 1 is 1.44 bits per heavy atom. The zero-order valence-corrected chi connectivity index (χ0v) is 9.98. The molecule has 1 aromatic heterocycles. The molecular formula is C13H20N2O. The molecule has 3 heteroatoms. The fraction of sp³-hybridized carbons (Fsp3) is 0.692. The number of imidazole rings is 1. The highest BCUT2D eigenvalue weighted by atomic mass is 16.1. The van der Waals surface area contributed by atoms with Gasteiger partial charge in [0.15, 0.2) is 0 Å². The molecule has 0 amide bonds. The second-order valence-electron chi connectivity index (χ2n) is 4.88. The molecule has 2 rings (SSSR count). The maximum atomic E-state index is 11.9. The Hall–Kier alpha value is -1.12. The van der Waals surface area contributed by atoms with Crippen molar-refractivity contribution in [2.75, 3.05) is 0 Å². The smallest absolute Gasteiger partial charge is 0.140 e. The van der Waals surface area contributed by atoms with E-state index < -0.39 is 0 Å². The molecule has 1 aliphatic carbocycles. The Labute approximate surface area is 96.9 Å². The van der Waals surface area contributed by atoms with Crippen molar-refractivity contribution in [2.24, 2.45) is 13.0 Å². The average Bonchev–Trinajstić information content (AvgIpc) is 2.66. The quantitative estimate of drug-likeness (QED) is 0.781. The summed E-state index contributed by atoms with van der Waals surface area (Å²) < 4.78 is 1.93. The molecule has 0 aliphatic heterocycles. The van der Waals surface area contributed by atoms with Crippen LogP contribution in [0, 0.1) is 5.92 Å². The van der Waals surface area contributed by atoms with E-state index in [0.717, 1.165) is 12.2 Å². The highest BCUT2D eigenvalue weighted by Crippen LogP contribution is 2.26. The number of hydrogen-bond donors (Lipinski definition) is 0. The lowest BCUT2D eigenvalue weighted by Gasteiger charge is -2.20. The van der Waals surface area contributed by atoms with Crippen LogP contribution in [0.25, 0.3) is 0 Å². The van der Waals surface area contributed by atoms with Gasteiger partial charge in [-0.15, -0.1) is 0 Å². The van der Waals surface area contributed by atoms with Gasteiger partial charge < -0.3 is 4.57 Å². The third-order valence-corrected chi connectivity index (χ3v) is 3.52. The summed E-state index contributed by atoms with van der Waals surface area (Å²) in [6, 6.07) is 0. The van der Waals surface area contributed by atoms with Crippen molar-refractivity contribution in [2.45, 2.75) is 44.9 Å². The number of nitrogens with zero attached hydrogens (tertiary/aromatic N) is 2. The lowest BCUT2D eigenvalue weighted by Crippen LogP contribution is -2.15. The first kappa shape index (κ1) is 11.4. The van der Waals surface area contributed by atoms with Crippen LogP contribution in [0.2, 0.25) is 0 Å². The van der Waals surface area contributed by atoms with Gasteiger partial charge in [-0.2, -0.15) is 0 Å². The van der Waals surface area contributed by atoms with Crippen molar-refractivity contribution in [3.8, 4) is 0 Å². The van der Waals surface area contributed by atoms with Gasteiger partial charge in [-0.3, -0.25) is 4.79 Å². The Morgan fingerprint density at radius 3 is 2.81 bits per heavy atom. The largest absolute Gasteiger partial charge is 0.338 e. The van der Waals surface area contributed by atoms with E-state index in [1.165, 1.54) is 32.1 Å². The van der Waals surface area contributed by atoms with Gasteiger partial charge in [0.25, 0.3) is 0 Å². The Balaban J connectivity index is 1.82. The molecular weight excluding hydrogens is 200 g/mol. The van der Waals surface area contributed by atoms with Crippen molar-refractivity contribution in [3.05, 3.63) is 18.2 Å². The molecule has 1 aromatic rings. The Morgan fingerprint density at radius 2 is 2.19 bits per heavy atom. The van der Waals surface area contributed by atoms with E-state index in [1.807, 2.05) is 17.8 Å². The molecule has 0 bridgehead atoms. The molecule has 1 heterocycles. The van der Waals surface area contributed by atoms with Crippen molar-refractivity contribution >= 4 is 5.78 Å². The van der Waals surface area contributed by atoms with Crippen LogP contribution in [0.1, 0.15) is 44.3 Å². The normalized spacial score (nSPS) is 17.6. The van der Waals surface area contributed by atoms with E-state index in [1.54, 1.807) is 6.20 Å². The molecule has 3 nitrogen and oxygen atoms in total. The molecule has 0 aromatic carbocycles. The Kier molecular flexibility index (Phi) is 3.75. The topological polar surface area (TPSA) is 34.9 Å². The molecule has 16 heavy (non-hydrogen) atoms. The van der Waals surface area contributed by atoms with E-state index in [4.69, 9.17) is 0 Å². The maximum Gasteiger partial charge on any atom is 0.140 e. The molecule has 0 N–H and O–H groups in total. The first-order valence-electron chi connectivity index (χ1n) is 6.23. The minimum absolute atomic E-state index is 0.348. The highest BCUT2D eigenvalue weighted by molar-refractivity contribution is 5.80. The minimum atomic E-state index is 0.348. The summed E-state index contributed by atoms with van der Waals surface area (Å²) >= 11 is 0. The molecule has 1 aliphatic rings. The number of aryl methyl sites for hydroxylation is 1. The summed E-state index contributed by atoms with van der Waals surface area (Å²) in [6.45, 7) is 0. The van der Waals surface area contributed by atoms with Crippen molar-refractivity contribution in [1.29, 1.82) is 0 Å². The van der Waals surface area contributed by atoms with Gasteiger partial charge in [-0.1, -0.05) is 32.1 Å². The minimum Gasteiger partial charge on any atom is -0.338 e. The van der Waals surface area contributed by atoms with Crippen LogP contribution in [0.3, 0.4) is 0 Å². The molecule has 0 radical (unpaired) electrons. The second-order valence-corrected chi connectivity index (χ2v) is 4.88. The lowest BCUT2D eigenvalue weighted by atomic mass is 9.85. The fourth-order valence-electron chi connectivity index (χ4n) is 2.53. The van der Waals surface area contributed by atoms with E-state index in [9.17, 15) is 4.79 Å². The predicted molar refractivity (Wildman–Crippen MR) is 63.1 cm³/mol. The van der Waals surface area contributed by atoms with Gasteiger partial charge in [-0.05, 0) is 5.92 Å². The molecule has 0 unspecified atom stereocenters. The van der Waals surface area contributed by atoms with E-state index in [0.29, 0.717) is 18.1 Å². The van der Waals surface area contributed by atoms with Crippen molar-refractivity contribution in [1.82, 2.24) is 9.55 Å². The van der Waals surface area contributed by atoms with Crippen LogP contribution in [0.4, 0.5) is 0 Å². The summed E-state index contributed by atoms with van der Waals surface area (Å²) in [5.74, 6) is 1.88. The summed E-state index contributed by atoms with van der Waals surface area (Å²) in [4.78, 5) is 16.1. The van der Waals surface area contributed by atoms with Crippen LogP contribution < -0.4 is 0 Å². The molecule has 0 atom stereocenters. The number of hydrogen-bond acceptors (Lipinski definition) is 2. The molecule has 1 saturated carbocycles. The number of carbonyl (C=O) groups excluding carboxylic acids is 1. The summed E-state index contributed by atoms with van der Waals surface area (Å²) in [5.41, 5.74) is 0. The van der Waals surface area contributed by atoms with Crippen LogP contribution in [-0.2, 0) is 18.3 Å². The molecule has 0 saturated heterocycles. The summed E-state index contributed by atoms with van der Waals surface area (Å²) in [5, 5.41) is 0. The van der Waals surface area contributed by atoms with Crippen LogP contribution in [-0.4, -0.2) is 15.3 Å². The highest BCUT2D eigenvalue weighted by Gasteiger charge is 2.17. The van der Waals surface area contributed by atoms with Crippen molar-refractivity contribution in [3.63, 3.8) is 0 Å². The van der Waals surface area contributed by atoms with Gasteiger partial charge in [0.1, 0.15) is 11.6 Å². The van der Waals surface area contributed by atoms with E-state index in [-0.39, 0.29) is 0 Å². The summed E-state index contributed by atoms with van der Waals surface area (Å²) in [7, 11) is 1.94. The number of aromatic nitrogens is 2. The number of rotatable bonds is 4. The third kappa shape index (κ3) is 2.94. The fourth-order valence-corrected chi connectivity index (χ4v) is 2.53. The first-order chi connectivity index (χ1) is 7.75. The monoisotopic (exact) mass is 220 g/mol. The molecule has 0 spiro atoms. The van der Waals surface area contributed by atoms with Gasteiger partial charge in [0, 0.05) is 25.9 Å². The predicted octanol–water partition coefficient (Wildman–Crippen LogP) is 2.50. The standard InChI is InChI=1S/C13H20N2O/c1-15-8-7-14-13(15)10-12(16)9-11-5-3-2-4-6-11/h7-8,11H,2-6,9-10H2,1H3. The van der Waals surface area contributed by atoms with Crippen LogP contribution >= 0.6 is 0 Å². The van der Waals surface area contributed by atoms with Gasteiger partial charge >= 0.3 is 0 Å². The third-order valence-electron chi connectivity index (χ3n) is 3.52. The molecule has 88 valence electrons. The van der Waals surface area contributed by atoms with Crippen LogP contribution in [0.5, 0.6) is 0 Å². The SMILES string of the molecule is Cn1ccnc1CC(=O)CC1CCCCC1. The van der Waals surface area contributed by atoms with Gasteiger partial charge in [0.2, 0.25) is 0 Å². The zero-order valence-electron chi connectivity index (χ0n) is 9.98. The zero-order chi connectivity index (χ0) is 11.4. The van der Waals surface area contributed by atoms with E-state index >= 15 is 0 Å². The van der Waals surface area contributed by atoms with E-state index in [2.05, 4.69) is 4.98 Å². The van der Waals surface area contributed by atoms with Crippen molar-refractivity contribution < 1.29 is 4.79 Å². The number of ketones is 1. The molecule has 1 fully saturated rings. The number of Topliss-reactive ketones (excluding diaryl/α,β-unsaturated/α-hetero) is 1. The second kappa shape index (κ2) is 5.28. The first-order valence-corrected chi connectivity index (χ1v) is 6.23. The van der Waals surface area contributed by atoms with Gasteiger partial charge in [0.05, 0.1) is 6.42 Å². The number of carbonyl (C=O) groups is 1.